The highest BCUT2D eigenvalue weighted by Gasteiger charge is 2.10. The maximum Gasteiger partial charge on any atom is 0.317 e. The minimum Gasteiger partial charge on any atom is -0.395 e. The lowest BCUT2D eigenvalue weighted by atomic mass is 10.3. The lowest BCUT2D eigenvalue weighted by molar-refractivity contribution is 0.204. The highest BCUT2D eigenvalue weighted by atomic mass is 32.1. The Morgan fingerprint density at radius 2 is 2.32 bits per heavy atom. The summed E-state index contributed by atoms with van der Waals surface area (Å²) in [6, 6.07) is 2.04. The fourth-order valence-electron chi connectivity index (χ4n) is 1.43. The monoisotopic (exact) mass is 280 g/mol. The number of thiophene rings is 1. The summed E-state index contributed by atoms with van der Waals surface area (Å²) in [5, 5.41) is 13.5. The third-order valence-corrected chi connectivity index (χ3v) is 3.18. The number of aliphatic hydroxyl groups is 1. The van der Waals surface area contributed by atoms with Crippen LogP contribution in [0.1, 0.15) is 30.7 Å². The van der Waals surface area contributed by atoms with Crippen LogP contribution in [0.25, 0.3) is 0 Å². The summed E-state index contributed by atoms with van der Waals surface area (Å²) in [6.07, 6.45) is 0.490. The topological polar surface area (TPSA) is 52.6 Å². The first-order valence-electron chi connectivity index (χ1n) is 6.21. The van der Waals surface area contributed by atoms with E-state index >= 15 is 0 Å². The van der Waals surface area contributed by atoms with Crippen LogP contribution in [0, 0.1) is 11.8 Å². The SMILES string of the molecule is CC(C)NC(=O)N(C)Cc1csc(C#CCCO)c1. The first-order valence-corrected chi connectivity index (χ1v) is 7.09. The molecule has 0 saturated heterocycles. The lowest BCUT2D eigenvalue weighted by Gasteiger charge is -2.18. The summed E-state index contributed by atoms with van der Waals surface area (Å²) < 4.78 is 0. The second kappa shape index (κ2) is 7.82. The van der Waals surface area contributed by atoms with Crippen LogP contribution < -0.4 is 5.32 Å². The Labute approximate surface area is 118 Å². The van der Waals surface area contributed by atoms with Gasteiger partial charge in [-0.3, -0.25) is 0 Å². The Morgan fingerprint density at radius 1 is 1.58 bits per heavy atom. The third-order valence-electron chi connectivity index (χ3n) is 2.28. The zero-order chi connectivity index (χ0) is 14.3. The number of urea groups is 1. The van der Waals surface area contributed by atoms with Crippen molar-refractivity contribution in [2.75, 3.05) is 13.7 Å². The molecule has 0 spiro atoms. The van der Waals surface area contributed by atoms with E-state index in [9.17, 15) is 4.79 Å². The third kappa shape index (κ3) is 5.77. The molecule has 0 fully saturated rings. The van der Waals surface area contributed by atoms with E-state index in [2.05, 4.69) is 17.2 Å². The van der Waals surface area contributed by atoms with Crippen molar-refractivity contribution < 1.29 is 9.90 Å². The van der Waals surface area contributed by atoms with Gasteiger partial charge < -0.3 is 15.3 Å². The van der Waals surface area contributed by atoms with Gasteiger partial charge in [-0.05, 0) is 30.9 Å². The Hall–Kier alpha value is -1.51. The molecule has 0 aliphatic rings. The fraction of sp³-hybridized carbons (Fsp3) is 0.500. The van der Waals surface area contributed by atoms with Gasteiger partial charge in [-0.25, -0.2) is 4.79 Å². The molecule has 5 heteroatoms. The van der Waals surface area contributed by atoms with Gasteiger partial charge in [-0.15, -0.1) is 11.3 Å². The molecule has 4 nitrogen and oxygen atoms in total. The zero-order valence-corrected chi connectivity index (χ0v) is 12.4. The molecule has 0 atom stereocenters. The molecule has 1 rings (SSSR count). The summed E-state index contributed by atoms with van der Waals surface area (Å²) in [5.41, 5.74) is 1.07. The molecule has 2 N–H and O–H groups in total. The van der Waals surface area contributed by atoms with Crippen LogP contribution in [-0.4, -0.2) is 35.7 Å². The Balaban J connectivity index is 2.54. The number of aliphatic hydroxyl groups excluding tert-OH is 1. The molecular weight excluding hydrogens is 260 g/mol. The zero-order valence-electron chi connectivity index (χ0n) is 11.6. The molecule has 0 unspecified atom stereocenters. The van der Waals surface area contributed by atoms with Crippen molar-refractivity contribution in [3.63, 3.8) is 0 Å². The second-order valence-electron chi connectivity index (χ2n) is 4.55. The minimum atomic E-state index is -0.0749. The number of hydrogen-bond acceptors (Lipinski definition) is 3. The summed E-state index contributed by atoms with van der Waals surface area (Å²) in [4.78, 5) is 14.3. The Kier molecular flexibility index (Phi) is 6.40. The fourth-order valence-corrected chi connectivity index (χ4v) is 2.20. The van der Waals surface area contributed by atoms with Crippen LogP contribution in [-0.2, 0) is 6.54 Å². The molecular formula is C14H20N2O2S. The van der Waals surface area contributed by atoms with Crippen LogP contribution in [0.2, 0.25) is 0 Å². The quantitative estimate of drug-likeness (QED) is 0.829. The summed E-state index contributed by atoms with van der Waals surface area (Å²) in [5.74, 6) is 5.87. The van der Waals surface area contributed by atoms with Crippen molar-refractivity contribution in [3.05, 3.63) is 21.9 Å². The van der Waals surface area contributed by atoms with E-state index in [1.807, 2.05) is 25.3 Å². The number of carbonyl (C=O) groups excluding carboxylic acids is 1. The average molecular weight is 280 g/mol. The molecule has 104 valence electrons. The van der Waals surface area contributed by atoms with E-state index in [-0.39, 0.29) is 18.7 Å². The lowest BCUT2D eigenvalue weighted by Crippen LogP contribution is -2.40. The van der Waals surface area contributed by atoms with Gasteiger partial charge in [0.2, 0.25) is 0 Å². The standard InChI is InChI=1S/C14H20N2O2S/c1-11(2)15-14(18)16(3)9-12-8-13(19-10-12)6-4-5-7-17/h8,10-11,17H,5,7,9H2,1-3H3,(H,15,18). The number of hydrogen-bond donors (Lipinski definition) is 2. The number of nitrogens with one attached hydrogen (secondary N) is 1. The number of carbonyl (C=O) groups is 1. The van der Waals surface area contributed by atoms with Crippen LogP contribution in [0.3, 0.4) is 0 Å². The normalized spacial score (nSPS) is 9.95. The molecule has 1 heterocycles. The first kappa shape index (κ1) is 15.5. The van der Waals surface area contributed by atoms with Crippen LogP contribution in [0.5, 0.6) is 0 Å². The second-order valence-corrected chi connectivity index (χ2v) is 5.47. The van der Waals surface area contributed by atoms with Crippen molar-refractivity contribution in [3.8, 4) is 11.8 Å². The number of rotatable bonds is 4. The molecule has 19 heavy (non-hydrogen) atoms. The molecule has 0 aromatic carbocycles. The van der Waals surface area contributed by atoms with Gasteiger partial charge in [0, 0.05) is 26.1 Å². The largest absolute Gasteiger partial charge is 0.395 e. The smallest absolute Gasteiger partial charge is 0.317 e. The Bertz CT molecular complexity index is 471. The number of amides is 2. The molecule has 0 saturated carbocycles. The first-order chi connectivity index (χ1) is 9.02. The van der Waals surface area contributed by atoms with E-state index < -0.39 is 0 Å². The maximum atomic E-state index is 11.7. The van der Waals surface area contributed by atoms with Crippen LogP contribution in [0.4, 0.5) is 4.79 Å². The van der Waals surface area contributed by atoms with E-state index in [1.165, 1.54) is 0 Å². The Morgan fingerprint density at radius 3 is 2.95 bits per heavy atom. The van der Waals surface area contributed by atoms with Gasteiger partial charge in [-0.2, -0.15) is 0 Å². The molecule has 1 aromatic heterocycles. The molecule has 0 bridgehead atoms. The summed E-state index contributed by atoms with van der Waals surface area (Å²) >= 11 is 1.55. The summed E-state index contributed by atoms with van der Waals surface area (Å²) in [7, 11) is 1.77. The molecule has 1 aromatic rings. The van der Waals surface area contributed by atoms with Gasteiger partial charge in [0.15, 0.2) is 0 Å². The van der Waals surface area contributed by atoms with Crippen molar-refractivity contribution in [1.82, 2.24) is 10.2 Å². The van der Waals surface area contributed by atoms with Gasteiger partial charge in [0.25, 0.3) is 0 Å². The van der Waals surface area contributed by atoms with Gasteiger partial charge in [0.1, 0.15) is 0 Å². The van der Waals surface area contributed by atoms with Crippen molar-refractivity contribution in [2.45, 2.75) is 32.9 Å². The highest BCUT2D eigenvalue weighted by Crippen LogP contribution is 2.15. The predicted molar refractivity (Wildman–Crippen MR) is 78.0 cm³/mol. The van der Waals surface area contributed by atoms with E-state index in [0.29, 0.717) is 13.0 Å². The molecule has 0 aliphatic heterocycles. The van der Waals surface area contributed by atoms with Crippen molar-refractivity contribution >= 4 is 17.4 Å². The molecule has 0 aliphatic carbocycles. The van der Waals surface area contributed by atoms with E-state index in [1.54, 1.807) is 23.3 Å². The van der Waals surface area contributed by atoms with Gasteiger partial charge >= 0.3 is 6.03 Å². The average Bonchev–Trinajstić information content (AvgIpc) is 2.76. The van der Waals surface area contributed by atoms with Crippen LogP contribution in [0.15, 0.2) is 11.4 Å². The number of nitrogens with zero attached hydrogens (tertiary/aromatic N) is 1. The minimum absolute atomic E-state index is 0.0749. The van der Waals surface area contributed by atoms with Crippen molar-refractivity contribution in [1.29, 1.82) is 0 Å². The van der Waals surface area contributed by atoms with E-state index in [0.717, 1.165) is 10.4 Å². The van der Waals surface area contributed by atoms with Crippen molar-refractivity contribution in [2.24, 2.45) is 0 Å². The molecule has 0 radical (unpaired) electrons. The van der Waals surface area contributed by atoms with Crippen LogP contribution >= 0.6 is 11.3 Å². The van der Waals surface area contributed by atoms with Gasteiger partial charge in [0.05, 0.1) is 11.5 Å². The van der Waals surface area contributed by atoms with E-state index in [4.69, 9.17) is 5.11 Å². The highest BCUT2D eigenvalue weighted by molar-refractivity contribution is 7.10. The van der Waals surface area contributed by atoms with Gasteiger partial charge in [-0.1, -0.05) is 11.8 Å². The molecule has 2 amide bonds. The summed E-state index contributed by atoms with van der Waals surface area (Å²) in [6.45, 7) is 4.52. The predicted octanol–water partition coefficient (Wildman–Crippen LogP) is 2.03. The maximum absolute atomic E-state index is 11.7.